The van der Waals surface area contributed by atoms with Gasteiger partial charge in [-0.1, -0.05) is 26.0 Å². The largest absolute Gasteiger partial charge is 0.508 e. The third-order valence-electron chi connectivity index (χ3n) is 4.61. The number of alkyl carbamates (subject to hydrolysis) is 1. The number of esters is 1. The summed E-state index contributed by atoms with van der Waals surface area (Å²) in [6, 6.07) is 3.79. The van der Waals surface area contributed by atoms with Gasteiger partial charge in [0.2, 0.25) is 11.8 Å². The first-order valence-corrected chi connectivity index (χ1v) is 10.7. The van der Waals surface area contributed by atoms with Gasteiger partial charge in [-0.25, -0.2) is 4.79 Å². The monoisotopic (exact) mass is 465 g/mol. The number of methoxy groups -OCH3 is 1. The van der Waals surface area contributed by atoms with Crippen LogP contribution in [0.1, 0.15) is 53.1 Å². The maximum absolute atomic E-state index is 13.5. The second-order valence-corrected chi connectivity index (χ2v) is 8.78. The summed E-state index contributed by atoms with van der Waals surface area (Å²) in [5.74, 6) is -2.21. The Balaban J connectivity index is 3.31. The zero-order chi connectivity index (χ0) is 25.3. The molecule has 0 heterocycles. The number of hydrogen-bond acceptors (Lipinski definition) is 7. The van der Waals surface area contributed by atoms with E-state index in [2.05, 4.69) is 15.4 Å². The number of nitrogens with zero attached hydrogens (tertiary/aromatic N) is 1. The molecule has 3 amide bonds. The third-order valence-corrected chi connectivity index (χ3v) is 4.61. The van der Waals surface area contributed by atoms with Crippen LogP contribution in [0.2, 0.25) is 0 Å². The minimum absolute atomic E-state index is 0.0888. The first-order chi connectivity index (χ1) is 15.3. The number of carbonyl (C=O) groups is 4. The Bertz CT molecular complexity index is 849. The van der Waals surface area contributed by atoms with Gasteiger partial charge in [-0.15, -0.1) is 0 Å². The predicted molar refractivity (Wildman–Crippen MR) is 121 cm³/mol. The lowest BCUT2D eigenvalue weighted by Gasteiger charge is -2.34. The maximum atomic E-state index is 13.5. The van der Waals surface area contributed by atoms with Crippen LogP contribution in [0, 0.1) is 5.92 Å². The molecule has 0 fully saturated rings. The van der Waals surface area contributed by atoms with Crippen molar-refractivity contribution in [1.82, 2.24) is 15.5 Å². The lowest BCUT2D eigenvalue weighted by molar-refractivity contribution is -0.145. The fraction of sp³-hybridized carbons (Fsp3) is 0.565. The van der Waals surface area contributed by atoms with Crippen molar-refractivity contribution in [3.05, 3.63) is 29.8 Å². The molecule has 0 saturated carbocycles. The van der Waals surface area contributed by atoms with Crippen molar-refractivity contribution in [3.8, 4) is 5.75 Å². The lowest BCUT2D eigenvalue weighted by Crippen LogP contribution is -2.55. The molecule has 1 aromatic rings. The SMILES string of the molecule is CCN(C(=O)C(NC(=O)OC(C)(C)C)C(C)C)C(C(=O)NCC(=O)OC)c1cccc(O)c1. The zero-order valence-corrected chi connectivity index (χ0v) is 20.3. The molecule has 1 aromatic carbocycles. The molecule has 10 nitrogen and oxygen atoms in total. The van der Waals surface area contributed by atoms with Gasteiger partial charge in [0, 0.05) is 6.54 Å². The molecule has 0 aliphatic heterocycles. The van der Waals surface area contributed by atoms with E-state index in [0.29, 0.717) is 5.56 Å². The highest BCUT2D eigenvalue weighted by atomic mass is 16.6. The highest BCUT2D eigenvalue weighted by Crippen LogP contribution is 2.26. The van der Waals surface area contributed by atoms with E-state index in [-0.39, 0.29) is 24.8 Å². The van der Waals surface area contributed by atoms with Gasteiger partial charge in [0.1, 0.15) is 30.0 Å². The van der Waals surface area contributed by atoms with Gasteiger partial charge in [0.25, 0.3) is 0 Å². The number of likely N-dealkylation sites (N-methyl/N-ethyl adjacent to an activating group) is 1. The third kappa shape index (κ3) is 8.63. The molecule has 0 aliphatic carbocycles. The summed E-state index contributed by atoms with van der Waals surface area (Å²) in [7, 11) is 1.19. The standard InChI is InChI=1S/C23H35N3O7/c1-8-26(21(30)18(14(2)3)25-22(31)33-23(4,5)6)19(15-10-9-11-16(27)12-15)20(29)24-13-17(28)32-7/h9-12,14,18-19,27H,8,13H2,1-7H3,(H,24,29)(H,25,31). The van der Waals surface area contributed by atoms with E-state index >= 15 is 0 Å². The highest BCUT2D eigenvalue weighted by molar-refractivity contribution is 5.93. The summed E-state index contributed by atoms with van der Waals surface area (Å²) >= 11 is 0. The Kier molecular flexibility index (Phi) is 10.2. The number of phenols is 1. The number of phenolic OH excluding ortho intramolecular Hbond substituents is 1. The number of carbonyl (C=O) groups excluding carboxylic acids is 4. The average molecular weight is 466 g/mol. The van der Waals surface area contributed by atoms with Crippen LogP contribution in [0.4, 0.5) is 4.79 Å². The zero-order valence-electron chi connectivity index (χ0n) is 20.3. The average Bonchev–Trinajstić information content (AvgIpc) is 2.71. The molecule has 184 valence electrons. The van der Waals surface area contributed by atoms with Crippen LogP contribution in [0.25, 0.3) is 0 Å². The lowest BCUT2D eigenvalue weighted by atomic mass is 9.99. The van der Waals surface area contributed by atoms with Crippen LogP contribution in [0.3, 0.4) is 0 Å². The van der Waals surface area contributed by atoms with Crippen LogP contribution in [-0.2, 0) is 23.9 Å². The Labute approximate surface area is 194 Å². The Hall–Kier alpha value is -3.30. The normalized spacial score (nSPS) is 13.0. The van der Waals surface area contributed by atoms with Crippen LogP contribution in [-0.4, -0.2) is 65.7 Å². The summed E-state index contributed by atoms with van der Waals surface area (Å²) in [5, 5.41) is 15.0. The number of hydrogen-bond donors (Lipinski definition) is 3. The van der Waals surface area contributed by atoms with Gasteiger partial charge >= 0.3 is 12.1 Å². The topological polar surface area (TPSA) is 134 Å². The van der Waals surface area contributed by atoms with Crippen molar-refractivity contribution in [2.45, 2.75) is 59.2 Å². The van der Waals surface area contributed by atoms with E-state index in [4.69, 9.17) is 4.74 Å². The Morgan fingerprint density at radius 1 is 1.15 bits per heavy atom. The second-order valence-electron chi connectivity index (χ2n) is 8.78. The fourth-order valence-corrected chi connectivity index (χ4v) is 3.09. The molecule has 0 saturated heterocycles. The summed E-state index contributed by atoms with van der Waals surface area (Å²) in [6.45, 7) is 10.1. The predicted octanol–water partition coefficient (Wildman–Crippen LogP) is 2.12. The number of rotatable bonds is 9. The van der Waals surface area contributed by atoms with Crippen molar-refractivity contribution >= 4 is 23.9 Å². The summed E-state index contributed by atoms with van der Waals surface area (Å²) in [5.41, 5.74) is -0.413. The summed E-state index contributed by atoms with van der Waals surface area (Å²) < 4.78 is 9.84. The molecule has 0 aliphatic rings. The number of ether oxygens (including phenoxy) is 2. The van der Waals surface area contributed by atoms with Gasteiger partial charge in [0.15, 0.2) is 0 Å². The van der Waals surface area contributed by atoms with Crippen LogP contribution in [0.5, 0.6) is 5.75 Å². The molecule has 2 atom stereocenters. The van der Waals surface area contributed by atoms with Gasteiger partial charge < -0.3 is 30.1 Å². The van der Waals surface area contributed by atoms with Crippen molar-refractivity contribution in [1.29, 1.82) is 0 Å². The van der Waals surface area contributed by atoms with E-state index in [1.54, 1.807) is 53.7 Å². The van der Waals surface area contributed by atoms with Gasteiger partial charge in [-0.2, -0.15) is 0 Å². The van der Waals surface area contributed by atoms with Gasteiger partial charge in [0.05, 0.1) is 7.11 Å². The van der Waals surface area contributed by atoms with Crippen LogP contribution < -0.4 is 10.6 Å². The smallest absolute Gasteiger partial charge is 0.408 e. The Morgan fingerprint density at radius 3 is 2.27 bits per heavy atom. The molecule has 0 spiro atoms. The van der Waals surface area contributed by atoms with Crippen molar-refractivity contribution in [2.75, 3.05) is 20.2 Å². The first kappa shape index (κ1) is 27.7. The molecule has 3 N–H and O–H groups in total. The summed E-state index contributed by atoms with van der Waals surface area (Å²) in [6.07, 6.45) is -0.755. The van der Waals surface area contributed by atoms with E-state index in [1.165, 1.54) is 24.1 Å². The molecule has 1 rings (SSSR count). The molecule has 10 heteroatoms. The maximum Gasteiger partial charge on any atom is 0.408 e. The fourth-order valence-electron chi connectivity index (χ4n) is 3.09. The van der Waals surface area contributed by atoms with E-state index in [9.17, 15) is 24.3 Å². The van der Waals surface area contributed by atoms with E-state index in [1.807, 2.05) is 0 Å². The molecular formula is C23H35N3O7. The number of nitrogens with one attached hydrogen (secondary N) is 2. The van der Waals surface area contributed by atoms with Crippen molar-refractivity contribution in [2.24, 2.45) is 5.92 Å². The minimum Gasteiger partial charge on any atom is -0.508 e. The van der Waals surface area contributed by atoms with Crippen molar-refractivity contribution < 1.29 is 33.8 Å². The quantitative estimate of drug-likeness (QED) is 0.476. The number of amides is 3. The van der Waals surface area contributed by atoms with Crippen LogP contribution in [0.15, 0.2) is 24.3 Å². The van der Waals surface area contributed by atoms with Gasteiger partial charge in [-0.05, 0) is 51.3 Å². The molecule has 0 radical (unpaired) electrons. The number of aromatic hydroxyl groups is 1. The van der Waals surface area contributed by atoms with E-state index < -0.39 is 41.6 Å². The molecule has 0 aromatic heterocycles. The van der Waals surface area contributed by atoms with Gasteiger partial charge in [-0.3, -0.25) is 14.4 Å². The van der Waals surface area contributed by atoms with Crippen LogP contribution >= 0.6 is 0 Å². The second kappa shape index (κ2) is 12.1. The highest BCUT2D eigenvalue weighted by Gasteiger charge is 2.37. The minimum atomic E-state index is -1.17. The Morgan fingerprint density at radius 2 is 1.79 bits per heavy atom. The molecular weight excluding hydrogens is 430 g/mol. The molecule has 33 heavy (non-hydrogen) atoms. The molecule has 0 bridgehead atoms. The number of benzene rings is 1. The van der Waals surface area contributed by atoms with Crippen molar-refractivity contribution in [3.63, 3.8) is 0 Å². The summed E-state index contributed by atoms with van der Waals surface area (Å²) in [4.78, 5) is 51.8. The first-order valence-electron chi connectivity index (χ1n) is 10.7. The molecule has 2 unspecified atom stereocenters. The van der Waals surface area contributed by atoms with E-state index in [0.717, 1.165) is 0 Å².